The molecule has 0 saturated heterocycles. The fraction of sp³-hybridized carbons (Fsp3) is 0.250. The van der Waals surface area contributed by atoms with Crippen molar-refractivity contribution in [1.82, 2.24) is 9.55 Å². The van der Waals surface area contributed by atoms with Gasteiger partial charge in [-0.2, -0.15) is 0 Å². The lowest BCUT2D eigenvalue weighted by Crippen LogP contribution is -2.26. The maximum absolute atomic E-state index is 12.9. The number of anilines is 1. The summed E-state index contributed by atoms with van der Waals surface area (Å²) in [6.45, 7) is 4.64. The summed E-state index contributed by atoms with van der Waals surface area (Å²) in [6, 6.07) is 14.3. The fourth-order valence-corrected chi connectivity index (χ4v) is 3.68. The zero-order valence-corrected chi connectivity index (χ0v) is 16.7. The lowest BCUT2D eigenvalue weighted by atomic mass is 10.2. The van der Waals surface area contributed by atoms with Crippen molar-refractivity contribution in [3.63, 3.8) is 0 Å². The zero-order valence-electron chi connectivity index (χ0n) is 15.1. The van der Waals surface area contributed by atoms with E-state index in [2.05, 4.69) is 10.3 Å². The average molecular weight is 402 g/mol. The number of nitrogens with zero attached hydrogens (tertiary/aromatic N) is 2. The summed E-state index contributed by atoms with van der Waals surface area (Å²) in [5, 5.41) is 4.50. The molecule has 7 heteroatoms. The number of hydrogen-bond acceptors (Lipinski definition) is 4. The fourth-order valence-electron chi connectivity index (χ4n) is 2.68. The number of nitrogens with one attached hydrogen (secondary N) is 1. The van der Waals surface area contributed by atoms with Crippen molar-refractivity contribution in [3.05, 3.63) is 63.9 Å². The van der Waals surface area contributed by atoms with Gasteiger partial charge in [-0.3, -0.25) is 14.2 Å². The first kappa shape index (κ1) is 19.5. The highest BCUT2D eigenvalue weighted by Crippen LogP contribution is 2.20. The molecule has 3 aromatic rings. The number of carbonyl (C=O) groups excluding carboxylic acids is 1. The smallest absolute Gasteiger partial charge is 0.262 e. The highest BCUT2D eigenvalue weighted by atomic mass is 35.5. The minimum atomic E-state index is -0.180. The number of thioether (sulfide) groups is 1. The van der Waals surface area contributed by atoms with E-state index in [1.165, 1.54) is 11.8 Å². The van der Waals surface area contributed by atoms with E-state index in [1.807, 2.05) is 32.0 Å². The third-order valence-electron chi connectivity index (χ3n) is 3.82. The third-order valence-corrected chi connectivity index (χ3v) is 5.03. The summed E-state index contributed by atoms with van der Waals surface area (Å²) < 4.78 is 1.66. The van der Waals surface area contributed by atoms with Crippen LogP contribution >= 0.6 is 23.4 Å². The van der Waals surface area contributed by atoms with Crippen LogP contribution < -0.4 is 10.9 Å². The molecule has 1 N–H and O–H groups in total. The van der Waals surface area contributed by atoms with Crippen molar-refractivity contribution >= 4 is 45.9 Å². The van der Waals surface area contributed by atoms with Gasteiger partial charge in [-0.1, -0.05) is 55.4 Å². The molecule has 0 radical (unpaired) electrons. The Morgan fingerprint density at radius 2 is 2.00 bits per heavy atom. The lowest BCUT2D eigenvalue weighted by molar-refractivity contribution is -0.113. The molecule has 140 valence electrons. The second kappa shape index (κ2) is 8.59. The van der Waals surface area contributed by atoms with Crippen LogP contribution in [0.2, 0.25) is 5.02 Å². The Hall–Kier alpha value is -2.31. The highest BCUT2D eigenvalue weighted by Gasteiger charge is 2.14. The number of halogens is 1. The number of amides is 1. The van der Waals surface area contributed by atoms with Crippen molar-refractivity contribution in [2.24, 2.45) is 5.92 Å². The predicted octanol–water partition coefficient (Wildman–Crippen LogP) is 4.44. The van der Waals surface area contributed by atoms with E-state index < -0.39 is 0 Å². The first-order valence-corrected chi connectivity index (χ1v) is 9.98. The molecule has 0 aliphatic carbocycles. The van der Waals surface area contributed by atoms with Gasteiger partial charge in [0.15, 0.2) is 5.16 Å². The van der Waals surface area contributed by atoms with Gasteiger partial charge < -0.3 is 5.32 Å². The number of hydrogen-bond donors (Lipinski definition) is 1. The van der Waals surface area contributed by atoms with Crippen LogP contribution in [0.5, 0.6) is 0 Å². The largest absolute Gasteiger partial charge is 0.325 e. The van der Waals surface area contributed by atoms with E-state index in [-0.39, 0.29) is 23.1 Å². The summed E-state index contributed by atoms with van der Waals surface area (Å²) in [4.78, 5) is 29.7. The van der Waals surface area contributed by atoms with Crippen LogP contribution in [0, 0.1) is 5.92 Å². The van der Waals surface area contributed by atoms with Crippen LogP contribution in [0.4, 0.5) is 5.69 Å². The minimum absolute atomic E-state index is 0.0768. The van der Waals surface area contributed by atoms with Crippen molar-refractivity contribution in [2.45, 2.75) is 25.5 Å². The highest BCUT2D eigenvalue weighted by molar-refractivity contribution is 7.99. The van der Waals surface area contributed by atoms with Gasteiger partial charge in [0.2, 0.25) is 5.91 Å². The maximum atomic E-state index is 12.9. The van der Waals surface area contributed by atoms with Gasteiger partial charge in [0, 0.05) is 17.3 Å². The number of aromatic nitrogens is 2. The molecule has 1 heterocycles. The normalized spacial score (nSPS) is 11.1. The minimum Gasteiger partial charge on any atom is -0.325 e. The van der Waals surface area contributed by atoms with Gasteiger partial charge >= 0.3 is 0 Å². The number of benzene rings is 2. The average Bonchev–Trinajstić information content (AvgIpc) is 2.62. The molecule has 1 amide bonds. The molecular weight excluding hydrogens is 382 g/mol. The molecular formula is C20H20ClN3O2S. The van der Waals surface area contributed by atoms with Gasteiger partial charge in [0.05, 0.1) is 16.7 Å². The zero-order chi connectivity index (χ0) is 19.4. The van der Waals surface area contributed by atoms with Gasteiger partial charge in [-0.25, -0.2) is 4.98 Å². The summed E-state index contributed by atoms with van der Waals surface area (Å²) in [5.41, 5.74) is 1.20. The summed E-state index contributed by atoms with van der Waals surface area (Å²) in [5.74, 6) is 0.251. The maximum Gasteiger partial charge on any atom is 0.262 e. The van der Waals surface area contributed by atoms with Crippen molar-refractivity contribution < 1.29 is 4.79 Å². The van der Waals surface area contributed by atoms with E-state index in [0.717, 1.165) is 0 Å². The molecule has 27 heavy (non-hydrogen) atoms. The van der Waals surface area contributed by atoms with Crippen LogP contribution in [0.1, 0.15) is 13.8 Å². The van der Waals surface area contributed by atoms with Crippen molar-refractivity contribution in [3.8, 4) is 0 Å². The van der Waals surface area contributed by atoms with Gasteiger partial charge in [0.1, 0.15) is 0 Å². The molecule has 0 atom stereocenters. The predicted molar refractivity (Wildman–Crippen MR) is 112 cm³/mol. The first-order chi connectivity index (χ1) is 12.9. The Balaban J connectivity index is 1.82. The molecule has 0 unspecified atom stereocenters. The molecule has 0 aliphatic rings. The quantitative estimate of drug-likeness (QED) is 0.490. The number of para-hydroxylation sites is 1. The Morgan fingerprint density at radius 3 is 2.74 bits per heavy atom. The van der Waals surface area contributed by atoms with E-state index in [9.17, 15) is 9.59 Å². The van der Waals surface area contributed by atoms with Crippen LogP contribution in [0.25, 0.3) is 10.9 Å². The van der Waals surface area contributed by atoms with E-state index in [4.69, 9.17) is 11.6 Å². The van der Waals surface area contributed by atoms with E-state index in [0.29, 0.717) is 33.3 Å². The molecule has 0 saturated carbocycles. The topological polar surface area (TPSA) is 64.0 Å². The second-order valence-electron chi connectivity index (χ2n) is 6.57. The van der Waals surface area contributed by atoms with Crippen molar-refractivity contribution in [2.75, 3.05) is 11.1 Å². The lowest BCUT2D eigenvalue weighted by Gasteiger charge is -2.15. The molecule has 0 fully saturated rings. The molecule has 3 rings (SSSR count). The Morgan fingerprint density at radius 1 is 1.22 bits per heavy atom. The third kappa shape index (κ3) is 4.90. The molecule has 5 nitrogen and oxygen atoms in total. The molecule has 0 aliphatic heterocycles. The van der Waals surface area contributed by atoms with Crippen molar-refractivity contribution in [1.29, 1.82) is 0 Å². The number of carbonyl (C=O) groups is 1. The first-order valence-electron chi connectivity index (χ1n) is 8.62. The molecule has 1 aromatic heterocycles. The molecule has 2 aromatic carbocycles. The number of fused-ring (bicyclic) bond motifs is 1. The summed E-state index contributed by atoms with van der Waals surface area (Å²) >= 11 is 7.20. The Bertz CT molecular complexity index is 1030. The van der Waals surface area contributed by atoms with E-state index in [1.54, 1.807) is 34.9 Å². The van der Waals surface area contributed by atoms with Crippen LogP contribution in [-0.4, -0.2) is 21.2 Å². The van der Waals surface area contributed by atoms with Gasteiger partial charge in [-0.05, 0) is 36.2 Å². The Kier molecular flexibility index (Phi) is 6.19. The molecule has 0 bridgehead atoms. The van der Waals surface area contributed by atoms with Crippen LogP contribution in [0.15, 0.2) is 58.5 Å². The Labute approximate surface area is 166 Å². The monoisotopic (exact) mass is 401 g/mol. The standard InChI is InChI=1S/C20H20ClN3O2S/c1-13(2)11-24-19(26)16-8-3-4-9-17(16)23-20(24)27-12-18(25)22-15-7-5-6-14(21)10-15/h3-10,13H,11-12H2,1-2H3,(H,22,25). The second-order valence-corrected chi connectivity index (χ2v) is 7.95. The van der Waals surface area contributed by atoms with Gasteiger partial charge in [0.25, 0.3) is 5.56 Å². The number of rotatable bonds is 6. The summed E-state index contributed by atoms with van der Waals surface area (Å²) in [7, 11) is 0. The van der Waals surface area contributed by atoms with Crippen LogP contribution in [-0.2, 0) is 11.3 Å². The molecule has 0 spiro atoms. The van der Waals surface area contributed by atoms with Gasteiger partial charge in [-0.15, -0.1) is 0 Å². The summed E-state index contributed by atoms with van der Waals surface area (Å²) in [6.07, 6.45) is 0. The van der Waals surface area contributed by atoms with Crippen LogP contribution in [0.3, 0.4) is 0 Å². The van der Waals surface area contributed by atoms with E-state index >= 15 is 0 Å². The SMILES string of the molecule is CC(C)Cn1c(SCC(=O)Nc2cccc(Cl)c2)nc2ccccc2c1=O.